The van der Waals surface area contributed by atoms with Gasteiger partial charge in [-0.15, -0.1) is 0 Å². The normalized spacial score (nSPS) is 46.6. The van der Waals surface area contributed by atoms with Crippen molar-refractivity contribution in [1.29, 1.82) is 0 Å². The summed E-state index contributed by atoms with van der Waals surface area (Å²) in [7, 11) is -0.0416. The summed E-state index contributed by atoms with van der Waals surface area (Å²) in [5.41, 5.74) is 0.403. The lowest BCUT2D eigenvalue weighted by atomic mass is 9.43. The fraction of sp³-hybridized carbons (Fsp3) is 1.00. The summed E-state index contributed by atoms with van der Waals surface area (Å²) in [6, 6.07) is 0. The van der Waals surface area contributed by atoms with Crippen LogP contribution in [0.1, 0.15) is 40.5 Å². The molecule has 4 fully saturated rings. The Labute approximate surface area is 105 Å². The van der Waals surface area contributed by atoms with Crippen molar-refractivity contribution in [3.63, 3.8) is 0 Å². The van der Waals surface area contributed by atoms with E-state index in [1.165, 1.54) is 12.8 Å². The van der Waals surface area contributed by atoms with Crippen molar-refractivity contribution in [2.75, 3.05) is 13.0 Å². The van der Waals surface area contributed by atoms with Gasteiger partial charge in [-0.3, -0.25) is 0 Å². The number of nitrogens with one attached hydrogen (secondary N) is 1. The average Bonchev–Trinajstić information content (AvgIpc) is 2.61. The molecule has 1 aliphatic heterocycles. The second-order valence-corrected chi connectivity index (χ2v) is 6.71. The van der Waals surface area contributed by atoms with E-state index in [1.807, 2.05) is 0 Å². The Kier molecular flexibility index (Phi) is 2.63. The first kappa shape index (κ1) is 12.0. The minimum absolute atomic E-state index is 0.0416. The fourth-order valence-corrected chi connectivity index (χ4v) is 4.30. The van der Waals surface area contributed by atoms with Crippen molar-refractivity contribution in [2.45, 2.75) is 52.2 Å². The minimum atomic E-state index is -0.0433. The van der Waals surface area contributed by atoms with Gasteiger partial charge in [-0.2, -0.15) is 0 Å². The molecule has 96 valence electrons. The van der Waals surface area contributed by atoms with Gasteiger partial charge in [0.25, 0.3) is 0 Å². The SMILES string of the molecule is CCNCB1O[C@H]2C[C@@H]3C[C@@H](C3(C)C)[C@]2(C)O1. The maximum absolute atomic E-state index is 6.26. The first-order valence-electron chi connectivity index (χ1n) is 7.02. The van der Waals surface area contributed by atoms with Crippen molar-refractivity contribution in [3.05, 3.63) is 0 Å². The molecule has 2 bridgehead atoms. The molecule has 0 aromatic rings. The minimum Gasteiger partial charge on any atom is -0.405 e. The topological polar surface area (TPSA) is 30.5 Å². The van der Waals surface area contributed by atoms with Gasteiger partial charge in [0, 0.05) is 6.44 Å². The largest absolute Gasteiger partial charge is 0.472 e. The molecule has 0 aromatic heterocycles. The van der Waals surface area contributed by atoms with Crippen molar-refractivity contribution in [1.82, 2.24) is 5.32 Å². The summed E-state index contributed by atoms with van der Waals surface area (Å²) in [6.45, 7) is 10.2. The van der Waals surface area contributed by atoms with Gasteiger partial charge in [0.1, 0.15) is 0 Å². The second kappa shape index (κ2) is 3.72. The van der Waals surface area contributed by atoms with E-state index in [2.05, 4.69) is 33.0 Å². The van der Waals surface area contributed by atoms with Gasteiger partial charge in [-0.05, 0) is 43.6 Å². The predicted octanol–water partition coefficient (Wildman–Crippen LogP) is 1.86. The Morgan fingerprint density at radius 2 is 2.06 bits per heavy atom. The standard InChI is InChI=1S/C13H24BNO2/c1-5-15-8-14-16-11-7-9-6-10(12(9,2)3)13(11,4)17-14/h9-11,15H,5-8H2,1-4H3/t9-,10-,11-,13-/m0/s1. The highest BCUT2D eigenvalue weighted by atomic mass is 16.7. The van der Waals surface area contributed by atoms with Crippen LogP contribution in [0.3, 0.4) is 0 Å². The third-order valence-electron chi connectivity index (χ3n) is 5.56. The van der Waals surface area contributed by atoms with E-state index in [4.69, 9.17) is 9.31 Å². The van der Waals surface area contributed by atoms with Gasteiger partial charge in [0.05, 0.1) is 11.7 Å². The number of hydrogen-bond donors (Lipinski definition) is 1. The molecule has 0 amide bonds. The van der Waals surface area contributed by atoms with E-state index in [-0.39, 0.29) is 12.7 Å². The highest BCUT2D eigenvalue weighted by Crippen LogP contribution is 2.65. The van der Waals surface area contributed by atoms with Gasteiger partial charge in [-0.25, -0.2) is 0 Å². The molecular formula is C13H24BNO2. The molecule has 4 atom stereocenters. The molecule has 4 heteroatoms. The molecule has 0 spiro atoms. The molecule has 1 heterocycles. The Bertz CT molecular complexity index is 323. The number of hydrogen-bond acceptors (Lipinski definition) is 3. The summed E-state index contributed by atoms with van der Waals surface area (Å²) >= 11 is 0. The molecule has 3 nitrogen and oxygen atoms in total. The Balaban J connectivity index is 1.73. The van der Waals surface area contributed by atoms with Gasteiger partial charge < -0.3 is 14.6 Å². The van der Waals surface area contributed by atoms with Gasteiger partial charge in [0.2, 0.25) is 0 Å². The van der Waals surface area contributed by atoms with Gasteiger partial charge >= 0.3 is 7.12 Å². The quantitative estimate of drug-likeness (QED) is 0.760. The summed E-state index contributed by atoms with van der Waals surface area (Å²) in [6.07, 6.45) is 3.66. The molecular weight excluding hydrogens is 213 g/mol. The lowest BCUT2D eigenvalue weighted by Gasteiger charge is -2.64. The molecule has 17 heavy (non-hydrogen) atoms. The van der Waals surface area contributed by atoms with Crippen LogP contribution in [0.15, 0.2) is 0 Å². The van der Waals surface area contributed by atoms with Crippen LogP contribution < -0.4 is 5.32 Å². The van der Waals surface area contributed by atoms with E-state index < -0.39 is 0 Å². The van der Waals surface area contributed by atoms with Crippen LogP contribution in [0.5, 0.6) is 0 Å². The zero-order valence-electron chi connectivity index (χ0n) is 11.5. The van der Waals surface area contributed by atoms with Crippen LogP contribution in [0, 0.1) is 17.3 Å². The lowest BCUT2D eigenvalue weighted by molar-refractivity contribution is -0.199. The number of rotatable bonds is 3. The first-order valence-corrected chi connectivity index (χ1v) is 7.02. The summed E-state index contributed by atoms with van der Waals surface area (Å²) < 4.78 is 12.3. The van der Waals surface area contributed by atoms with Crippen molar-refractivity contribution in [3.8, 4) is 0 Å². The van der Waals surface area contributed by atoms with Crippen molar-refractivity contribution >= 4 is 7.12 Å². The highest BCUT2D eigenvalue weighted by molar-refractivity contribution is 6.45. The van der Waals surface area contributed by atoms with Crippen molar-refractivity contribution < 1.29 is 9.31 Å². The molecule has 0 unspecified atom stereocenters. The monoisotopic (exact) mass is 237 g/mol. The Morgan fingerprint density at radius 3 is 2.71 bits per heavy atom. The van der Waals surface area contributed by atoms with Crippen LogP contribution in [0.4, 0.5) is 0 Å². The molecule has 4 aliphatic rings. The summed E-state index contributed by atoms with van der Waals surface area (Å²) in [5.74, 6) is 1.51. The van der Waals surface area contributed by atoms with E-state index in [0.717, 1.165) is 18.9 Å². The van der Waals surface area contributed by atoms with Gasteiger partial charge in [-0.1, -0.05) is 20.8 Å². The van der Waals surface area contributed by atoms with Crippen LogP contribution in [-0.4, -0.2) is 31.8 Å². The molecule has 1 saturated heterocycles. The smallest absolute Gasteiger partial charge is 0.405 e. The van der Waals surface area contributed by atoms with Crippen LogP contribution in [-0.2, 0) is 9.31 Å². The molecule has 0 radical (unpaired) electrons. The van der Waals surface area contributed by atoms with Crippen LogP contribution in [0.2, 0.25) is 0 Å². The van der Waals surface area contributed by atoms with Crippen LogP contribution in [0.25, 0.3) is 0 Å². The molecule has 3 aliphatic carbocycles. The molecule has 0 aromatic carbocycles. The summed E-state index contributed by atoms with van der Waals surface area (Å²) in [4.78, 5) is 0. The third-order valence-corrected chi connectivity index (χ3v) is 5.56. The average molecular weight is 237 g/mol. The van der Waals surface area contributed by atoms with Crippen molar-refractivity contribution in [2.24, 2.45) is 17.3 Å². The van der Waals surface area contributed by atoms with E-state index in [0.29, 0.717) is 17.4 Å². The molecule has 3 saturated carbocycles. The predicted molar refractivity (Wildman–Crippen MR) is 68.7 cm³/mol. The Hall–Kier alpha value is -0.0551. The zero-order valence-corrected chi connectivity index (χ0v) is 11.5. The Morgan fingerprint density at radius 1 is 1.29 bits per heavy atom. The maximum atomic E-state index is 6.26. The molecule has 1 N–H and O–H groups in total. The lowest BCUT2D eigenvalue weighted by Crippen LogP contribution is -2.65. The highest BCUT2D eigenvalue weighted by Gasteiger charge is 2.67. The third kappa shape index (κ3) is 1.53. The summed E-state index contributed by atoms with van der Waals surface area (Å²) in [5, 5.41) is 3.32. The van der Waals surface area contributed by atoms with Crippen LogP contribution >= 0.6 is 0 Å². The molecule has 4 rings (SSSR count). The van der Waals surface area contributed by atoms with E-state index in [9.17, 15) is 0 Å². The van der Waals surface area contributed by atoms with E-state index >= 15 is 0 Å². The maximum Gasteiger partial charge on any atom is 0.472 e. The second-order valence-electron chi connectivity index (χ2n) is 6.71. The van der Waals surface area contributed by atoms with E-state index in [1.54, 1.807) is 0 Å². The first-order chi connectivity index (χ1) is 7.98. The zero-order chi connectivity index (χ0) is 12.3. The van der Waals surface area contributed by atoms with Gasteiger partial charge in [0.15, 0.2) is 0 Å². The fourth-order valence-electron chi connectivity index (χ4n) is 4.30.